The first-order chi connectivity index (χ1) is 12.5. The molecule has 1 unspecified atom stereocenters. The Balaban J connectivity index is 1.63. The zero-order valence-corrected chi connectivity index (χ0v) is 15.4. The van der Waals surface area contributed by atoms with Crippen LogP contribution in [0.2, 0.25) is 0 Å². The molecule has 0 spiro atoms. The number of methoxy groups -OCH3 is 1. The van der Waals surface area contributed by atoms with E-state index in [4.69, 9.17) is 10.5 Å². The van der Waals surface area contributed by atoms with Crippen LogP contribution in [-0.4, -0.2) is 47.8 Å². The number of carbonyl (C=O) groups excluding carboxylic acids is 1. The average Bonchev–Trinajstić information content (AvgIpc) is 3.36. The molecule has 3 N–H and O–H groups in total. The van der Waals surface area contributed by atoms with Crippen molar-refractivity contribution in [1.29, 1.82) is 0 Å². The monoisotopic (exact) mass is 356 g/mol. The SMILES string of the molecule is COc1ccc2c(c1)[C@]13CCN(CC4CC4)[C@H](C2)[C@]1(O)CC(C(N)=O)C3. The molecule has 5 heteroatoms. The van der Waals surface area contributed by atoms with Crippen molar-refractivity contribution in [1.82, 2.24) is 4.90 Å². The number of aliphatic hydroxyl groups is 1. The zero-order chi connectivity index (χ0) is 18.1. The summed E-state index contributed by atoms with van der Waals surface area (Å²) in [5.74, 6) is 1.09. The molecule has 4 aliphatic rings. The first-order valence-electron chi connectivity index (χ1n) is 9.90. The molecule has 2 bridgehead atoms. The predicted molar refractivity (Wildman–Crippen MR) is 97.9 cm³/mol. The molecular weight excluding hydrogens is 328 g/mol. The number of nitrogens with two attached hydrogens (primary N) is 1. The van der Waals surface area contributed by atoms with Gasteiger partial charge in [-0.05, 0) is 74.2 Å². The smallest absolute Gasteiger partial charge is 0.220 e. The first-order valence-corrected chi connectivity index (χ1v) is 9.90. The molecule has 1 amide bonds. The summed E-state index contributed by atoms with van der Waals surface area (Å²) in [6, 6.07) is 6.35. The van der Waals surface area contributed by atoms with Gasteiger partial charge in [0.1, 0.15) is 5.75 Å². The molecular formula is C21H28N2O3. The third kappa shape index (κ3) is 2.13. The Labute approximate surface area is 154 Å². The number of primary amides is 1. The van der Waals surface area contributed by atoms with Crippen molar-refractivity contribution in [3.05, 3.63) is 29.3 Å². The van der Waals surface area contributed by atoms with E-state index in [0.29, 0.717) is 12.8 Å². The third-order valence-corrected chi connectivity index (χ3v) is 7.64. The summed E-state index contributed by atoms with van der Waals surface area (Å²) in [6.45, 7) is 2.07. The predicted octanol–water partition coefficient (Wildman–Crippen LogP) is 1.60. The number of amides is 1. The van der Waals surface area contributed by atoms with Crippen LogP contribution in [0.5, 0.6) is 5.75 Å². The van der Waals surface area contributed by atoms with Crippen LogP contribution in [0.3, 0.4) is 0 Å². The van der Waals surface area contributed by atoms with E-state index < -0.39 is 5.60 Å². The van der Waals surface area contributed by atoms with Crippen LogP contribution in [-0.2, 0) is 16.6 Å². The second kappa shape index (κ2) is 5.46. The summed E-state index contributed by atoms with van der Waals surface area (Å²) in [4.78, 5) is 14.6. The first kappa shape index (κ1) is 16.6. The molecule has 1 heterocycles. The lowest BCUT2D eigenvalue weighted by atomic mass is 9.56. The van der Waals surface area contributed by atoms with E-state index in [9.17, 15) is 9.90 Å². The minimum absolute atomic E-state index is 0.0853. The van der Waals surface area contributed by atoms with Gasteiger partial charge in [0.15, 0.2) is 0 Å². The summed E-state index contributed by atoms with van der Waals surface area (Å²) in [7, 11) is 1.68. The molecule has 3 aliphatic carbocycles. The number of fused-ring (bicyclic) bond motifs is 1. The van der Waals surface area contributed by atoms with Crippen molar-refractivity contribution in [3.63, 3.8) is 0 Å². The number of likely N-dealkylation sites (tertiary alicyclic amines) is 1. The number of nitrogens with zero attached hydrogens (tertiary/aromatic N) is 1. The zero-order valence-electron chi connectivity index (χ0n) is 15.4. The number of rotatable bonds is 4. The van der Waals surface area contributed by atoms with E-state index in [1.165, 1.54) is 24.0 Å². The molecule has 1 aromatic carbocycles. The molecule has 1 saturated heterocycles. The minimum atomic E-state index is -0.876. The molecule has 0 aromatic heterocycles. The van der Waals surface area contributed by atoms with Gasteiger partial charge in [-0.25, -0.2) is 0 Å². The van der Waals surface area contributed by atoms with Crippen LogP contribution in [0.15, 0.2) is 18.2 Å². The number of ether oxygens (including phenoxy) is 1. The number of carbonyl (C=O) groups is 1. The second-order valence-electron chi connectivity index (χ2n) is 8.95. The fourth-order valence-corrected chi connectivity index (χ4v) is 6.15. The average molecular weight is 356 g/mol. The van der Waals surface area contributed by atoms with E-state index >= 15 is 0 Å². The number of piperidine rings is 1. The number of benzene rings is 1. The van der Waals surface area contributed by atoms with Gasteiger partial charge in [0.25, 0.3) is 0 Å². The van der Waals surface area contributed by atoms with Gasteiger partial charge in [-0.1, -0.05) is 6.07 Å². The van der Waals surface area contributed by atoms with Crippen molar-refractivity contribution in [2.45, 2.75) is 55.6 Å². The quantitative estimate of drug-likeness (QED) is 0.859. The van der Waals surface area contributed by atoms with Crippen molar-refractivity contribution in [2.24, 2.45) is 17.6 Å². The lowest BCUT2D eigenvalue weighted by Crippen LogP contribution is -2.69. The molecule has 3 fully saturated rings. The highest BCUT2D eigenvalue weighted by Gasteiger charge is 2.67. The van der Waals surface area contributed by atoms with E-state index in [0.717, 1.165) is 37.6 Å². The summed E-state index contributed by atoms with van der Waals surface area (Å²) in [5, 5.41) is 12.0. The fourth-order valence-electron chi connectivity index (χ4n) is 6.15. The lowest BCUT2D eigenvalue weighted by molar-refractivity contribution is -0.133. The molecule has 1 aromatic rings. The van der Waals surface area contributed by atoms with Gasteiger partial charge < -0.3 is 15.6 Å². The molecule has 0 radical (unpaired) electrons. The van der Waals surface area contributed by atoms with E-state index in [1.807, 2.05) is 6.07 Å². The van der Waals surface area contributed by atoms with E-state index in [-0.39, 0.29) is 23.3 Å². The van der Waals surface area contributed by atoms with Crippen molar-refractivity contribution < 1.29 is 14.6 Å². The van der Waals surface area contributed by atoms with Gasteiger partial charge in [0, 0.05) is 23.9 Å². The number of hydrogen-bond acceptors (Lipinski definition) is 4. The van der Waals surface area contributed by atoms with Crippen molar-refractivity contribution >= 4 is 5.91 Å². The van der Waals surface area contributed by atoms with Crippen LogP contribution in [0.25, 0.3) is 0 Å². The van der Waals surface area contributed by atoms with Gasteiger partial charge in [-0.15, -0.1) is 0 Å². The van der Waals surface area contributed by atoms with Crippen LogP contribution in [0.4, 0.5) is 0 Å². The highest BCUT2D eigenvalue weighted by molar-refractivity contribution is 5.78. The Morgan fingerprint density at radius 2 is 2.19 bits per heavy atom. The Bertz CT molecular complexity index is 762. The maximum Gasteiger partial charge on any atom is 0.220 e. The summed E-state index contributed by atoms with van der Waals surface area (Å²) >= 11 is 0. The van der Waals surface area contributed by atoms with Crippen molar-refractivity contribution in [3.8, 4) is 5.75 Å². The van der Waals surface area contributed by atoms with E-state index in [1.54, 1.807) is 7.11 Å². The normalized spacial score (nSPS) is 38.5. The fraction of sp³-hybridized carbons (Fsp3) is 0.667. The Morgan fingerprint density at radius 3 is 2.88 bits per heavy atom. The molecule has 5 nitrogen and oxygen atoms in total. The topological polar surface area (TPSA) is 75.8 Å². The minimum Gasteiger partial charge on any atom is -0.497 e. The number of hydrogen-bond donors (Lipinski definition) is 2. The maximum atomic E-state index is 12.0. The molecule has 4 atom stereocenters. The van der Waals surface area contributed by atoms with Gasteiger partial charge >= 0.3 is 0 Å². The van der Waals surface area contributed by atoms with Crippen molar-refractivity contribution in [2.75, 3.05) is 20.2 Å². The lowest BCUT2D eigenvalue weighted by Gasteiger charge is -2.59. The summed E-state index contributed by atoms with van der Waals surface area (Å²) in [5.41, 5.74) is 6.94. The highest BCUT2D eigenvalue weighted by Crippen LogP contribution is 2.61. The van der Waals surface area contributed by atoms with Crippen LogP contribution in [0, 0.1) is 11.8 Å². The van der Waals surface area contributed by atoms with Crippen LogP contribution in [0.1, 0.15) is 43.2 Å². The Morgan fingerprint density at radius 1 is 1.38 bits per heavy atom. The summed E-state index contributed by atoms with van der Waals surface area (Å²) in [6.07, 6.45) is 5.50. The molecule has 2 saturated carbocycles. The standard InChI is InChI=1S/C21H28N2O3/c1-26-16-5-4-14-8-18-21(25)11-15(19(22)24)10-20(21,17(14)9-16)6-7-23(18)12-13-2-3-13/h4-5,9,13,15,18,25H,2-3,6-8,10-12H2,1H3,(H2,22,24)/t15?,18-,20-,21-/m1/s1. The molecule has 5 rings (SSSR count). The highest BCUT2D eigenvalue weighted by atomic mass is 16.5. The molecule has 26 heavy (non-hydrogen) atoms. The van der Waals surface area contributed by atoms with Crippen LogP contribution < -0.4 is 10.5 Å². The summed E-state index contributed by atoms with van der Waals surface area (Å²) < 4.78 is 5.47. The van der Waals surface area contributed by atoms with Gasteiger partial charge in [-0.3, -0.25) is 9.69 Å². The third-order valence-electron chi connectivity index (χ3n) is 7.64. The second-order valence-corrected chi connectivity index (χ2v) is 8.95. The van der Waals surface area contributed by atoms with E-state index in [2.05, 4.69) is 17.0 Å². The van der Waals surface area contributed by atoms with Gasteiger partial charge in [-0.2, -0.15) is 0 Å². The molecule has 1 aliphatic heterocycles. The maximum absolute atomic E-state index is 12.0. The largest absolute Gasteiger partial charge is 0.497 e. The Kier molecular flexibility index (Phi) is 3.48. The Hall–Kier alpha value is -1.59. The van der Waals surface area contributed by atoms with Gasteiger partial charge in [0.2, 0.25) is 5.91 Å². The van der Waals surface area contributed by atoms with Gasteiger partial charge in [0.05, 0.1) is 12.7 Å². The molecule has 140 valence electrons. The van der Waals surface area contributed by atoms with Crippen LogP contribution >= 0.6 is 0 Å².